The van der Waals surface area contributed by atoms with Crippen LogP contribution in [0.4, 0.5) is 5.69 Å². The SMILES string of the molecule is CN1CC(C)(C)c2ccc(OCc3ccccc3)cc21. The molecule has 104 valence electrons. The molecule has 2 aromatic carbocycles. The van der Waals surface area contributed by atoms with E-state index in [0.29, 0.717) is 6.61 Å². The Labute approximate surface area is 121 Å². The van der Waals surface area contributed by atoms with E-state index < -0.39 is 0 Å². The monoisotopic (exact) mass is 267 g/mol. The third kappa shape index (κ3) is 2.38. The molecule has 1 aliphatic heterocycles. The van der Waals surface area contributed by atoms with Gasteiger partial charge in [-0.05, 0) is 17.2 Å². The van der Waals surface area contributed by atoms with Crippen molar-refractivity contribution in [3.8, 4) is 5.75 Å². The highest BCUT2D eigenvalue weighted by molar-refractivity contribution is 5.64. The Kier molecular flexibility index (Phi) is 3.17. The summed E-state index contributed by atoms with van der Waals surface area (Å²) in [4.78, 5) is 2.31. The smallest absolute Gasteiger partial charge is 0.121 e. The topological polar surface area (TPSA) is 12.5 Å². The summed E-state index contributed by atoms with van der Waals surface area (Å²) in [7, 11) is 2.15. The highest BCUT2D eigenvalue weighted by atomic mass is 16.5. The lowest BCUT2D eigenvalue weighted by molar-refractivity contribution is 0.306. The van der Waals surface area contributed by atoms with Crippen LogP contribution in [-0.4, -0.2) is 13.6 Å². The molecule has 0 atom stereocenters. The number of anilines is 1. The Bertz CT molecular complexity index is 604. The predicted octanol–water partition coefficient (Wildman–Crippen LogP) is 3.99. The fourth-order valence-electron chi connectivity index (χ4n) is 2.99. The zero-order valence-corrected chi connectivity index (χ0v) is 12.4. The molecule has 0 saturated heterocycles. The van der Waals surface area contributed by atoms with Crippen molar-refractivity contribution in [1.29, 1.82) is 0 Å². The van der Waals surface area contributed by atoms with E-state index in [2.05, 4.69) is 56.1 Å². The molecule has 0 aliphatic carbocycles. The Morgan fingerprint density at radius 2 is 1.85 bits per heavy atom. The van der Waals surface area contributed by atoms with Gasteiger partial charge in [-0.15, -0.1) is 0 Å². The van der Waals surface area contributed by atoms with Crippen LogP contribution in [0.5, 0.6) is 5.75 Å². The van der Waals surface area contributed by atoms with Crippen LogP contribution in [0.15, 0.2) is 48.5 Å². The minimum atomic E-state index is 0.224. The molecule has 0 spiro atoms. The maximum Gasteiger partial charge on any atom is 0.121 e. The number of rotatable bonds is 3. The minimum absolute atomic E-state index is 0.224. The number of hydrogen-bond donors (Lipinski definition) is 0. The highest BCUT2D eigenvalue weighted by Crippen LogP contribution is 2.41. The second-order valence-corrected chi connectivity index (χ2v) is 6.19. The van der Waals surface area contributed by atoms with Gasteiger partial charge in [0.25, 0.3) is 0 Å². The molecule has 0 N–H and O–H groups in total. The summed E-state index contributed by atoms with van der Waals surface area (Å²) in [6.45, 7) is 6.26. The average molecular weight is 267 g/mol. The van der Waals surface area contributed by atoms with Crippen molar-refractivity contribution in [2.24, 2.45) is 0 Å². The van der Waals surface area contributed by atoms with Gasteiger partial charge in [0.2, 0.25) is 0 Å². The van der Waals surface area contributed by atoms with Gasteiger partial charge in [0.1, 0.15) is 12.4 Å². The summed E-state index contributed by atoms with van der Waals surface area (Å²) >= 11 is 0. The quantitative estimate of drug-likeness (QED) is 0.833. The zero-order chi connectivity index (χ0) is 14.2. The Balaban J connectivity index is 1.78. The maximum atomic E-state index is 5.91. The highest BCUT2D eigenvalue weighted by Gasteiger charge is 2.33. The molecule has 3 rings (SSSR count). The van der Waals surface area contributed by atoms with Gasteiger partial charge in [-0.1, -0.05) is 50.2 Å². The third-order valence-corrected chi connectivity index (χ3v) is 3.99. The normalized spacial score (nSPS) is 16.1. The molecule has 0 unspecified atom stereocenters. The van der Waals surface area contributed by atoms with E-state index in [1.54, 1.807) is 0 Å². The molecule has 0 saturated carbocycles. The zero-order valence-electron chi connectivity index (χ0n) is 12.4. The number of fused-ring (bicyclic) bond motifs is 1. The number of benzene rings is 2. The molecule has 2 nitrogen and oxygen atoms in total. The van der Waals surface area contributed by atoms with Crippen LogP contribution in [-0.2, 0) is 12.0 Å². The summed E-state index contributed by atoms with van der Waals surface area (Å²) in [5, 5.41) is 0. The number of hydrogen-bond acceptors (Lipinski definition) is 2. The van der Waals surface area contributed by atoms with E-state index in [0.717, 1.165) is 12.3 Å². The first kappa shape index (κ1) is 13.0. The molecule has 0 amide bonds. The molecule has 20 heavy (non-hydrogen) atoms. The molecule has 0 fully saturated rings. The molecule has 1 heterocycles. The summed E-state index contributed by atoms with van der Waals surface area (Å²) in [6.07, 6.45) is 0. The molecular formula is C18H21NO. The van der Waals surface area contributed by atoms with Crippen LogP contribution >= 0.6 is 0 Å². The predicted molar refractivity (Wildman–Crippen MR) is 83.5 cm³/mol. The van der Waals surface area contributed by atoms with Crippen molar-refractivity contribution in [2.45, 2.75) is 25.9 Å². The second kappa shape index (κ2) is 4.86. The largest absolute Gasteiger partial charge is 0.489 e. The van der Waals surface area contributed by atoms with E-state index in [9.17, 15) is 0 Å². The third-order valence-electron chi connectivity index (χ3n) is 3.99. The molecule has 1 aliphatic rings. The van der Waals surface area contributed by atoms with Crippen LogP contribution in [0.2, 0.25) is 0 Å². The van der Waals surface area contributed by atoms with E-state index in [1.165, 1.54) is 16.8 Å². The molecular weight excluding hydrogens is 246 g/mol. The van der Waals surface area contributed by atoms with Crippen molar-refractivity contribution in [3.05, 3.63) is 59.7 Å². The first-order valence-electron chi connectivity index (χ1n) is 7.09. The fraction of sp³-hybridized carbons (Fsp3) is 0.333. The summed E-state index contributed by atoms with van der Waals surface area (Å²) in [5.74, 6) is 0.942. The van der Waals surface area contributed by atoms with Crippen molar-refractivity contribution in [3.63, 3.8) is 0 Å². The second-order valence-electron chi connectivity index (χ2n) is 6.19. The molecule has 2 heteroatoms. The van der Waals surface area contributed by atoms with Crippen LogP contribution in [0.25, 0.3) is 0 Å². The van der Waals surface area contributed by atoms with E-state index in [1.807, 2.05) is 18.2 Å². The van der Waals surface area contributed by atoms with Crippen molar-refractivity contribution >= 4 is 5.69 Å². The Morgan fingerprint density at radius 1 is 1.10 bits per heavy atom. The molecule has 2 aromatic rings. The summed E-state index contributed by atoms with van der Waals surface area (Å²) in [6, 6.07) is 16.7. The lowest BCUT2D eigenvalue weighted by atomic mass is 9.87. The van der Waals surface area contributed by atoms with Gasteiger partial charge in [0.15, 0.2) is 0 Å². The van der Waals surface area contributed by atoms with Crippen LogP contribution in [0.3, 0.4) is 0 Å². The standard InChI is InChI=1S/C18H21NO/c1-18(2)13-19(3)17-11-15(9-10-16(17)18)20-12-14-7-5-4-6-8-14/h4-11H,12-13H2,1-3H3. The minimum Gasteiger partial charge on any atom is -0.489 e. The summed E-state index contributed by atoms with van der Waals surface area (Å²) in [5.41, 5.74) is 4.12. The van der Waals surface area contributed by atoms with Crippen LogP contribution < -0.4 is 9.64 Å². The molecule has 0 aromatic heterocycles. The van der Waals surface area contributed by atoms with Gasteiger partial charge in [0.05, 0.1) is 0 Å². The van der Waals surface area contributed by atoms with Crippen molar-refractivity contribution < 1.29 is 4.74 Å². The lowest BCUT2D eigenvalue weighted by Crippen LogP contribution is -2.24. The fourth-order valence-corrected chi connectivity index (χ4v) is 2.99. The van der Waals surface area contributed by atoms with Crippen molar-refractivity contribution in [2.75, 3.05) is 18.5 Å². The average Bonchev–Trinajstić information content (AvgIpc) is 2.67. The first-order chi connectivity index (χ1) is 9.56. The lowest BCUT2D eigenvalue weighted by Gasteiger charge is -2.18. The van der Waals surface area contributed by atoms with E-state index >= 15 is 0 Å². The molecule has 0 radical (unpaired) electrons. The van der Waals surface area contributed by atoms with Gasteiger partial charge >= 0.3 is 0 Å². The Morgan fingerprint density at radius 3 is 2.60 bits per heavy atom. The Hall–Kier alpha value is -1.96. The van der Waals surface area contributed by atoms with Crippen LogP contribution in [0.1, 0.15) is 25.0 Å². The first-order valence-corrected chi connectivity index (χ1v) is 7.09. The van der Waals surface area contributed by atoms with E-state index in [-0.39, 0.29) is 5.41 Å². The van der Waals surface area contributed by atoms with Crippen LogP contribution in [0, 0.1) is 0 Å². The van der Waals surface area contributed by atoms with Gasteiger partial charge in [-0.25, -0.2) is 0 Å². The number of nitrogens with zero attached hydrogens (tertiary/aromatic N) is 1. The maximum absolute atomic E-state index is 5.91. The van der Waals surface area contributed by atoms with Gasteiger partial charge in [-0.2, -0.15) is 0 Å². The van der Waals surface area contributed by atoms with Gasteiger partial charge in [0, 0.05) is 30.8 Å². The summed E-state index contributed by atoms with van der Waals surface area (Å²) < 4.78 is 5.91. The van der Waals surface area contributed by atoms with Crippen molar-refractivity contribution in [1.82, 2.24) is 0 Å². The van der Waals surface area contributed by atoms with Gasteiger partial charge < -0.3 is 9.64 Å². The van der Waals surface area contributed by atoms with Gasteiger partial charge in [-0.3, -0.25) is 0 Å². The molecule has 0 bridgehead atoms. The van der Waals surface area contributed by atoms with E-state index in [4.69, 9.17) is 4.74 Å². The number of ether oxygens (including phenoxy) is 1. The number of likely N-dealkylation sites (N-methyl/N-ethyl adjacent to an activating group) is 1.